The summed E-state index contributed by atoms with van der Waals surface area (Å²) in [7, 11) is 0. The largest absolute Gasteiger partial charge is 0.355 e. The number of rotatable bonds is 3. The predicted octanol–water partition coefficient (Wildman–Crippen LogP) is 1.02. The highest BCUT2D eigenvalue weighted by atomic mass is 16.2. The second-order valence-corrected chi connectivity index (χ2v) is 6.59. The molecule has 2 aromatic rings. The molecule has 0 radical (unpaired) electrons. The second-order valence-electron chi connectivity index (χ2n) is 6.59. The van der Waals surface area contributed by atoms with E-state index in [4.69, 9.17) is 0 Å². The van der Waals surface area contributed by atoms with Crippen molar-refractivity contribution in [3.63, 3.8) is 0 Å². The van der Waals surface area contributed by atoms with E-state index in [2.05, 4.69) is 29.7 Å². The number of hydrogen-bond donors (Lipinski definition) is 1. The van der Waals surface area contributed by atoms with Crippen LogP contribution in [-0.4, -0.2) is 44.6 Å². The Balaban J connectivity index is 1.36. The van der Waals surface area contributed by atoms with Gasteiger partial charge < -0.3 is 14.8 Å². The summed E-state index contributed by atoms with van der Waals surface area (Å²) >= 11 is 0. The summed E-state index contributed by atoms with van der Waals surface area (Å²) in [5.74, 6) is 2.16. The van der Waals surface area contributed by atoms with E-state index in [1.54, 1.807) is 18.6 Å². The molecule has 2 atom stereocenters. The zero-order chi connectivity index (χ0) is 16.4. The Labute approximate surface area is 141 Å². The van der Waals surface area contributed by atoms with Crippen molar-refractivity contribution in [2.75, 3.05) is 18.0 Å². The van der Waals surface area contributed by atoms with E-state index in [1.165, 1.54) is 0 Å². The Morgan fingerprint density at radius 2 is 2.12 bits per heavy atom. The second kappa shape index (κ2) is 6.59. The molecular weight excluding hydrogens is 304 g/mol. The van der Waals surface area contributed by atoms with Crippen LogP contribution in [0.2, 0.25) is 0 Å². The van der Waals surface area contributed by atoms with E-state index < -0.39 is 0 Å². The number of nitrogens with one attached hydrogen (secondary N) is 1. The topological polar surface area (TPSA) is 75.9 Å². The number of piperidine rings is 1. The Bertz CT molecular complexity index is 700. The summed E-state index contributed by atoms with van der Waals surface area (Å²) in [5.41, 5.74) is 0. The minimum atomic E-state index is 0.0185. The molecule has 0 bridgehead atoms. The minimum absolute atomic E-state index is 0.0185. The lowest BCUT2D eigenvalue weighted by Gasteiger charge is -2.34. The monoisotopic (exact) mass is 326 g/mol. The van der Waals surface area contributed by atoms with E-state index in [0.29, 0.717) is 6.54 Å². The number of imidazole rings is 1. The number of aryl methyl sites for hydroxylation is 1. The maximum absolute atomic E-state index is 12.7. The molecule has 1 saturated heterocycles. The number of aromatic nitrogens is 4. The van der Waals surface area contributed by atoms with Gasteiger partial charge in [0.05, 0.1) is 12.1 Å². The maximum Gasteiger partial charge on any atom is 0.225 e. The van der Waals surface area contributed by atoms with E-state index >= 15 is 0 Å². The first-order chi connectivity index (χ1) is 11.8. The molecule has 0 aliphatic carbocycles. The van der Waals surface area contributed by atoms with Crippen LogP contribution in [0.3, 0.4) is 0 Å². The molecule has 1 amide bonds. The van der Waals surface area contributed by atoms with E-state index in [1.807, 2.05) is 12.4 Å². The summed E-state index contributed by atoms with van der Waals surface area (Å²) in [6.45, 7) is 2.47. The van der Waals surface area contributed by atoms with Gasteiger partial charge in [-0.05, 0) is 19.3 Å². The first kappa shape index (κ1) is 15.1. The van der Waals surface area contributed by atoms with Gasteiger partial charge in [0, 0.05) is 56.9 Å². The Morgan fingerprint density at radius 3 is 3.00 bits per heavy atom. The quantitative estimate of drug-likeness (QED) is 0.911. The highest BCUT2D eigenvalue weighted by Gasteiger charge is 2.29. The van der Waals surface area contributed by atoms with Crippen molar-refractivity contribution in [3.05, 3.63) is 36.8 Å². The van der Waals surface area contributed by atoms with E-state index in [-0.39, 0.29) is 17.9 Å². The molecule has 7 heteroatoms. The number of hydrogen-bond acceptors (Lipinski definition) is 5. The molecule has 7 nitrogen and oxygen atoms in total. The van der Waals surface area contributed by atoms with Crippen LogP contribution in [0.1, 0.15) is 25.1 Å². The molecule has 2 aliphatic heterocycles. The zero-order valence-electron chi connectivity index (χ0n) is 13.6. The van der Waals surface area contributed by atoms with Crippen LogP contribution >= 0.6 is 0 Å². The Hall–Kier alpha value is -2.44. The van der Waals surface area contributed by atoms with E-state index in [9.17, 15) is 4.79 Å². The van der Waals surface area contributed by atoms with Gasteiger partial charge in [0.1, 0.15) is 11.6 Å². The third kappa shape index (κ3) is 3.11. The lowest BCUT2D eigenvalue weighted by Crippen LogP contribution is -2.48. The fourth-order valence-electron chi connectivity index (χ4n) is 3.66. The summed E-state index contributed by atoms with van der Waals surface area (Å²) in [6.07, 6.45) is 12.8. The third-order valence-corrected chi connectivity index (χ3v) is 4.95. The highest BCUT2D eigenvalue weighted by molar-refractivity contribution is 5.79. The van der Waals surface area contributed by atoms with Gasteiger partial charge in [0.2, 0.25) is 5.91 Å². The van der Waals surface area contributed by atoms with Crippen LogP contribution in [0.15, 0.2) is 31.0 Å². The smallest absolute Gasteiger partial charge is 0.225 e. The number of carbonyl (C=O) groups excluding carboxylic acids is 1. The van der Waals surface area contributed by atoms with Gasteiger partial charge in [-0.15, -0.1) is 0 Å². The van der Waals surface area contributed by atoms with Crippen LogP contribution < -0.4 is 10.2 Å². The average Bonchev–Trinajstić information content (AvgIpc) is 3.10. The molecule has 0 saturated carbocycles. The van der Waals surface area contributed by atoms with E-state index in [0.717, 1.165) is 50.4 Å². The number of carbonyl (C=O) groups is 1. The van der Waals surface area contributed by atoms with Gasteiger partial charge in [0.25, 0.3) is 0 Å². The zero-order valence-corrected chi connectivity index (χ0v) is 13.6. The Kier molecular flexibility index (Phi) is 4.15. The van der Waals surface area contributed by atoms with Crippen LogP contribution in [-0.2, 0) is 17.8 Å². The molecular formula is C17H22N6O. The van der Waals surface area contributed by atoms with Crippen LogP contribution in [0.5, 0.6) is 0 Å². The predicted molar refractivity (Wildman–Crippen MR) is 89.4 cm³/mol. The molecule has 2 aliphatic rings. The fraction of sp³-hybridized carbons (Fsp3) is 0.529. The van der Waals surface area contributed by atoms with Gasteiger partial charge in [0.15, 0.2) is 0 Å². The number of anilines is 1. The first-order valence-corrected chi connectivity index (χ1v) is 8.61. The molecule has 1 N–H and O–H groups in total. The van der Waals surface area contributed by atoms with Gasteiger partial charge in [-0.1, -0.05) is 0 Å². The van der Waals surface area contributed by atoms with Crippen molar-refractivity contribution in [3.8, 4) is 0 Å². The van der Waals surface area contributed by atoms with Crippen molar-refractivity contribution >= 4 is 11.7 Å². The van der Waals surface area contributed by atoms with Crippen LogP contribution in [0.25, 0.3) is 0 Å². The molecule has 0 unspecified atom stereocenters. The first-order valence-electron chi connectivity index (χ1n) is 8.61. The highest BCUT2D eigenvalue weighted by Crippen LogP contribution is 2.22. The summed E-state index contributed by atoms with van der Waals surface area (Å²) in [6, 6.07) is 0.200. The van der Waals surface area contributed by atoms with Gasteiger partial charge in [-0.2, -0.15) is 0 Å². The molecule has 0 spiro atoms. The molecule has 0 aromatic carbocycles. The SMILES string of the molecule is O=C(N[C@H]1CCc2nccn2C1)[C@@H]1CCCN(c2cnccn2)C1. The lowest BCUT2D eigenvalue weighted by atomic mass is 9.96. The number of fused-ring (bicyclic) bond motifs is 1. The molecule has 4 rings (SSSR count). The maximum atomic E-state index is 12.7. The van der Waals surface area contributed by atoms with Gasteiger partial charge >= 0.3 is 0 Å². The van der Waals surface area contributed by atoms with Gasteiger partial charge in [-0.3, -0.25) is 9.78 Å². The number of amides is 1. The van der Waals surface area contributed by atoms with Crippen molar-refractivity contribution in [1.29, 1.82) is 0 Å². The van der Waals surface area contributed by atoms with Crippen LogP contribution in [0.4, 0.5) is 5.82 Å². The van der Waals surface area contributed by atoms with Crippen molar-refractivity contribution in [2.45, 2.75) is 38.3 Å². The average molecular weight is 326 g/mol. The minimum Gasteiger partial charge on any atom is -0.355 e. The summed E-state index contributed by atoms with van der Waals surface area (Å²) in [4.78, 5) is 27.7. The Morgan fingerprint density at radius 1 is 1.17 bits per heavy atom. The molecule has 24 heavy (non-hydrogen) atoms. The normalized spacial score (nSPS) is 23.6. The van der Waals surface area contributed by atoms with Crippen LogP contribution in [0, 0.1) is 5.92 Å². The molecule has 1 fully saturated rings. The summed E-state index contributed by atoms with van der Waals surface area (Å²) < 4.78 is 2.14. The van der Waals surface area contributed by atoms with Crippen molar-refractivity contribution in [1.82, 2.24) is 24.8 Å². The molecule has 4 heterocycles. The fourth-order valence-corrected chi connectivity index (χ4v) is 3.66. The van der Waals surface area contributed by atoms with Gasteiger partial charge in [-0.25, -0.2) is 9.97 Å². The van der Waals surface area contributed by atoms with Crippen molar-refractivity contribution in [2.24, 2.45) is 5.92 Å². The summed E-state index contributed by atoms with van der Waals surface area (Å²) in [5, 5.41) is 3.24. The third-order valence-electron chi connectivity index (χ3n) is 4.95. The number of nitrogens with zero attached hydrogens (tertiary/aromatic N) is 5. The molecule has 126 valence electrons. The van der Waals surface area contributed by atoms with Crippen molar-refractivity contribution < 1.29 is 4.79 Å². The molecule has 2 aromatic heterocycles. The standard InChI is InChI=1S/C17H22N6O/c24-17(21-14-3-4-15-20-7-9-23(15)12-14)13-2-1-8-22(11-13)16-10-18-5-6-19-16/h5-7,9-10,13-14H,1-4,8,11-12H2,(H,21,24)/t13-,14+/m1/s1. The lowest BCUT2D eigenvalue weighted by molar-refractivity contribution is -0.126.